The van der Waals surface area contributed by atoms with E-state index < -0.39 is 0 Å². The van der Waals surface area contributed by atoms with Gasteiger partial charge in [-0.1, -0.05) is 30.3 Å². The van der Waals surface area contributed by atoms with Gasteiger partial charge in [-0.25, -0.2) is 0 Å². The molecular formula is C22H24N4O2. The summed E-state index contributed by atoms with van der Waals surface area (Å²) < 4.78 is 7.70. The van der Waals surface area contributed by atoms with Gasteiger partial charge in [-0.15, -0.1) is 0 Å². The number of ether oxygens (including phenoxy) is 1. The monoisotopic (exact) mass is 376 g/mol. The molecule has 1 aromatic heterocycles. The fraction of sp³-hybridized carbons (Fsp3) is 0.273. The Morgan fingerprint density at radius 1 is 1.18 bits per heavy atom. The number of carbonyl (C=O) groups is 1. The predicted molar refractivity (Wildman–Crippen MR) is 107 cm³/mol. The molecule has 0 fully saturated rings. The number of carbonyl (C=O) groups excluding carboxylic acids is 1. The number of hydrogen-bond acceptors (Lipinski definition) is 4. The van der Waals surface area contributed by atoms with Gasteiger partial charge in [0.25, 0.3) is 5.91 Å². The van der Waals surface area contributed by atoms with Crippen molar-refractivity contribution in [3.8, 4) is 5.75 Å². The van der Waals surface area contributed by atoms with Crippen LogP contribution in [-0.2, 0) is 26.7 Å². The Morgan fingerprint density at radius 2 is 2.04 bits per heavy atom. The highest BCUT2D eigenvalue weighted by atomic mass is 16.5. The van der Waals surface area contributed by atoms with E-state index in [2.05, 4.69) is 15.3 Å². The maximum absolute atomic E-state index is 12.6. The third-order valence-corrected chi connectivity index (χ3v) is 4.84. The van der Waals surface area contributed by atoms with Crippen LogP contribution in [0.15, 0.2) is 60.9 Å². The van der Waals surface area contributed by atoms with Crippen molar-refractivity contribution in [3.05, 3.63) is 83.2 Å². The molecule has 2 heterocycles. The molecule has 2 aromatic carbocycles. The van der Waals surface area contributed by atoms with Crippen LogP contribution in [0, 0.1) is 0 Å². The van der Waals surface area contributed by atoms with Crippen molar-refractivity contribution in [1.29, 1.82) is 0 Å². The molecule has 1 aliphatic rings. The molecule has 0 unspecified atom stereocenters. The van der Waals surface area contributed by atoms with Crippen molar-refractivity contribution in [3.63, 3.8) is 0 Å². The van der Waals surface area contributed by atoms with Gasteiger partial charge in [-0.2, -0.15) is 5.10 Å². The van der Waals surface area contributed by atoms with E-state index >= 15 is 0 Å². The summed E-state index contributed by atoms with van der Waals surface area (Å²) in [5.74, 6) is 0.781. The number of rotatable bonds is 5. The minimum Gasteiger partial charge on any atom is -0.492 e. The Labute approximate surface area is 164 Å². The molecule has 4 rings (SSSR count). The molecule has 1 amide bonds. The molecule has 1 N–H and O–H groups in total. The van der Waals surface area contributed by atoms with Crippen molar-refractivity contribution in [1.82, 2.24) is 20.0 Å². The zero-order valence-electron chi connectivity index (χ0n) is 16.0. The van der Waals surface area contributed by atoms with Gasteiger partial charge in [0, 0.05) is 56.1 Å². The first-order valence-corrected chi connectivity index (χ1v) is 9.45. The number of hydrogen-bond donors (Lipinski definition) is 1. The second kappa shape index (κ2) is 8.27. The van der Waals surface area contributed by atoms with Gasteiger partial charge in [-0.3, -0.25) is 14.4 Å². The number of fused-ring (bicyclic) bond motifs is 1. The second-order valence-electron chi connectivity index (χ2n) is 7.07. The van der Waals surface area contributed by atoms with E-state index in [4.69, 9.17) is 4.74 Å². The molecule has 0 spiro atoms. The van der Waals surface area contributed by atoms with E-state index in [9.17, 15) is 4.79 Å². The lowest BCUT2D eigenvalue weighted by Crippen LogP contribution is -2.25. The third-order valence-electron chi connectivity index (χ3n) is 4.84. The summed E-state index contributed by atoms with van der Waals surface area (Å²) in [4.78, 5) is 14.9. The minimum atomic E-state index is -0.0743. The van der Waals surface area contributed by atoms with Crippen LogP contribution >= 0.6 is 0 Å². The van der Waals surface area contributed by atoms with Gasteiger partial charge < -0.3 is 10.1 Å². The van der Waals surface area contributed by atoms with Gasteiger partial charge in [0.2, 0.25) is 0 Å². The maximum Gasteiger partial charge on any atom is 0.251 e. The Hall–Kier alpha value is -3.12. The summed E-state index contributed by atoms with van der Waals surface area (Å²) in [5, 5.41) is 7.23. The number of aryl methyl sites for hydroxylation is 1. The lowest BCUT2D eigenvalue weighted by molar-refractivity contribution is 0.0950. The molecule has 0 radical (unpaired) electrons. The molecule has 0 saturated heterocycles. The summed E-state index contributed by atoms with van der Waals surface area (Å²) >= 11 is 0. The number of nitrogens with one attached hydrogen (secondary N) is 1. The van der Waals surface area contributed by atoms with Gasteiger partial charge in [0.05, 0.1) is 6.20 Å². The summed E-state index contributed by atoms with van der Waals surface area (Å²) in [6.07, 6.45) is 3.92. The van der Waals surface area contributed by atoms with Crippen molar-refractivity contribution < 1.29 is 9.53 Å². The number of amides is 1. The minimum absolute atomic E-state index is 0.0743. The first-order chi connectivity index (χ1) is 13.7. The first kappa shape index (κ1) is 18.3. The largest absolute Gasteiger partial charge is 0.492 e. The van der Waals surface area contributed by atoms with E-state index in [1.807, 2.05) is 72.7 Å². The van der Waals surface area contributed by atoms with Crippen molar-refractivity contribution in [2.45, 2.75) is 19.6 Å². The van der Waals surface area contributed by atoms with Crippen LogP contribution < -0.4 is 10.1 Å². The van der Waals surface area contributed by atoms with Crippen molar-refractivity contribution >= 4 is 5.91 Å². The molecule has 3 aromatic rings. The third kappa shape index (κ3) is 4.40. The van der Waals surface area contributed by atoms with Crippen molar-refractivity contribution in [2.75, 3.05) is 13.2 Å². The van der Waals surface area contributed by atoms with Gasteiger partial charge in [-0.05, 0) is 23.8 Å². The average molecular weight is 376 g/mol. The summed E-state index contributed by atoms with van der Waals surface area (Å²) in [6.45, 7) is 3.53. The summed E-state index contributed by atoms with van der Waals surface area (Å²) in [6, 6.07) is 15.6. The lowest BCUT2D eigenvalue weighted by Gasteiger charge is -2.18. The Balaban J connectivity index is 1.45. The molecule has 6 heteroatoms. The highest BCUT2D eigenvalue weighted by Crippen LogP contribution is 2.25. The average Bonchev–Trinajstić information content (AvgIpc) is 3.01. The number of aromatic nitrogens is 2. The standard InChI is InChI=1S/C22H24N4O2/c1-25-14-18(13-24-25)15-26-9-10-28-21-8-7-19(11-20(21)16-26)22(27)23-12-17-5-3-2-4-6-17/h2-8,11,13-14H,9-10,12,15-16H2,1H3,(H,23,27). The SMILES string of the molecule is Cn1cc(CN2CCOc3ccc(C(=O)NCc4ccccc4)cc3C2)cn1. The molecule has 1 aliphatic heterocycles. The van der Waals surface area contributed by atoms with Gasteiger partial charge in [0.1, 0.15) is 12.4 Å². The maximum atomic E-state index is 12.6. The van der Waals surface area contributed by atoms with Crippen LogP contribution in [0.5, 0.6) is 5.75 Å². The van der Waals surface area contributed by atoms with E-state index in [0.717, 1.165) is 36.5 Å². The van der Waals surface area contributed by atoms with Gasteiger partial charge in [0.15, 0.2) is 0 Å². The molecule has 28 heavy (non-hydrogen) atoms. The van der Waals surface area contributed by atoms with Crippen LogP contribution in [0.3, 0.4) is 0 Å². The molecule has 0 atom stereocenters. The Morgan fingerprint density at radius 3 is 2.82 bits per heavy atom. The second-order valence-corrected chi connectivity index (χ2v) is 7.07. The van der Waals surface area contributed by atoms with E-state index in [0.29, 0.717) is 18.7 Å². The highest BCUT2D eigenvalue weighted by Gasteiger charge is 2.18. The summed E-state index contributed by atoms with van der Waals surface area (Å²) in [7, 11) is 1.92. The van der Waals surface area contributed by atoms with E-state index in [1.165, 1.54) is 5.56 Å². The molecule has 144 valence electrons. The smallest absolute Gasteiger partial charge is 0.251 e. The van der Waals surface area contributed by atoms with Crippen LogP contribution in [0.4, 0.5) is 0 Å². The number of nitrogens with zero attached hydrogens (tertiary/aromatic N) is 3. The number of benzene rings is 2. The van der Waals surface area contributed by atoms with Crippen LogP contribution in [0.25, 0.3) is 0 Å². The lowest BCUT2D eigenvalue weighted by atomic mass is 10.1. The topological polar surface area (TPSA) is 59.4 Å². The molecule has 6 nitrogen and oxygen atoms in total. The van der Waals surface area contributed by atoms with Crippen LogP contribution in [-0.4, -0.2) is 33.7 Å². The summed E-state index contributed by atoms with van der Waals surface area (Å²) in [5.41, 5.74) is 3.94. The Bertz CT molecular complexity index is 952. The van der Waals surface area contributed by atoms with Crippen LogP contribution in [0.1, 0.15) is 27.0 Å². The quantitative estimate of drug-likeness (QED) is 0.744. The Kier molecular flexibility index (Phi) is 5.39. The first-order valence-electron chi connectivity index (χ1n) is 9.45. The zero-order chi connectivity index (χ0) is 19.3. The predicted octanol–water partition coefficient (Wildman–Crippen LogP) is 2.74. The molecule has 0 aliphatic carbocycles. The zero-order valence-corrected chi connectivity index (χ0v) is 16.0. The fourth-order valence-corrected chi connectivity index (χ4v) is 3.42. The van der Waals surface area contributed by atoms with Crippen molar-refractivity contribution in [2.24, 2.45) is 7.05 Å². The van der Waals surface area contributed by atoms with Gasteiger partial charge >= 0.3 is 0 Å². The fourth-order valence-electron chi connectivity index (χ4n) is 3.42. The molecular weight excluding hydrogens is 352 g/mol. The van der Waals surface area contributed by atoms with E-state index in [-0.39, 0.29) is 5.91 Å². The normalized spacial score (nSPS) is 14.0. The van der Waals surface area contributed by atoms with E-state index in [1.54, 1.807) is 0 Å². The molecule has 0 bridgehead atoms. The highest BCUT2D eigenvalue weighted by molar-refractivity contribution is 5.94. The van der Waals surface area contributed by atoms with Crippen LogP contribution in [0.2, 0.25) is 0 Å². The molecule has 0 saturated carbocycles.